The van der Waals surface area contributed by atoms with Gasteiger partial charge >= 0.3 is 0 Å². The summed E-state index contributed by atoms with van der Waals surface area (Å²) in [7, 11) is 0. The van der Waals surface area contributed by atoms with Gasteiger partial charge in [-0.15, -0.1) is 0 Å². The average molecular weight is 1130 g/mol. The lowest BCUT2D eigenvalue weighted by molar-refractivity contribution is -0.135. The number of benzene rings is 8. The molecule has 424 valence electrons. The molecule has 14 nitrogen and oxygen atoms in total. The highest BCUT2D eigenvalue weighted by atomic mass is 19.1. The molecule has 4 saturated heterocycles. The van der Waals surface area contributed by atoms with Crippen molar-refractivity contribution in [1.29, 1.82) is 0 Å². The predicted octanol–water partition coefficient (Wildman–Crippen LogP) is 9.31. The molecule has 2 atom stereocenters. The maximum Gasteiger partial charge on any atom is 0.259 e. The summed E-state index contributed by atoms with van der Waals surface area (Å²) in [6.45, 7) is 8.42. The molecule has 16 heteroatoms. The van der Waals surface area contributed by atoms with Crippen LogP contribution in [0, 0.1) is 11.6 Å². The van der Waals surface area contributed by atoms with Crippen molar-refractivity contribution in [2.45, 2.75) is 63.7 Å². The molecule has 0 aliphatic carbocycles. The molecule has 6 heterocycles. The average Bonchev–Trinajstić information content (AvgIpc) is 2.20. The number of piperazine rings is 2. The molecular formula is C68H62F2N8O6. The number of nitrogens with one attached hydrogen (secondary N) is 2. The van der Waals surface area contributed by atoms with Gasteiger partial charge in [0.05, 0.1) is 22.7 Å². The Morgan fingerprint density at radius 2 is 0.774 bits per heavy atom. The molecule has 8 aromatic rings. The third kappa shape index (κ3) is 10.6. The zero-order valence-corrected chi connectivity index (χ0v) is 46.4. The smallest absolute Gasteiger partial charge is 0.259 e. The number of para-hydroxylation sites is 2. The number of nitrogens with zero attached hydrogens (tertiary/aromatic N) is 6. The van der Waals surface area contributed by atoms with Crippen LogP contribution in [0.5, 0.6) is 0 Å². The maximum absolute atomic E-state index is 14.2. The summed E-state index contributed by atoms with van der Waals surface area (Å²) < 4.78 is 28.4. The monoisotopic (exact) mass is 1120 g/mol. The van der Waals surface area contributed by atoms with Crippen molar-refractivity contribution in [1.82, 2.24) is 20.4 Å². The highest BCUT2D eigenvalue weighted by Crippen LogP contribution is 2.43. The van der Waals surface area contributed by atoms with E-state index in [9.17, 15) is 37.5 Å². The highest BCUT2D eigenvalue weighted by Gasteiger charge is 2.42. The first kappa shape index (κ1) is 54.1. The van der Waals surface area contributed by atoms with Crippen LogP contribution in [0.1, 0.15) is 79.8 Å². The van der Waals surface area contributed by atoms with Crippen LogP contribution in [0.4, 0.5) is 31.5 Å². The third-order valence-electron chi connectivity index (χ3n) is 17.5. The van der Waals surface area contributed by atoms with Gasteiger partial charge in [0.2, 0.25) is 23.6 Å². The fourth-order valence-electron chi connectivity index (χ4n) is 13.1. The van der Waals surface area contributed by atoms with E-state index >= 15 is 0 Å². The van der Waals surface area contributed by atoms with E-state index in [1.54, 1.807) is 21.9 Å². The van der Waals surface area contributed by atoms with Crippen molar-refractivity contribution in [2.75, 3.05) is 72.0 Å². The molecule has 14 rings (SSSR count). The summed E-state index contributed by atoms with van der Waals surface area (Å²) in [4.78, 5) is 87.6. The van der Waals surface area contributed by atoms with Crippen molar-refractivity contribution in [2.24, 2.45) is 0 Å². The number of carbonyl (C=O) groups excluding carboxylic acids is 6. The van der Waals surface area contributed by atoms with Gasteiger partial charge in [-0.3, -0.25) is 59.0 Å². The Balaban J connectivity index is 0.000000157. The molecule has 4 fully saturated rings. The van der Waals surface area contributed by atoms with Crippen molar-refractivity contribution < 1.29 is 37.5 Å². The Hall–Kier alpha value is -9.12. The molecule has 0 bridgehead atoms. The van der Waals surface area contributed by atoms with Crippen molar-refractivity contribution in [3.8, 4) is 0 Å². The zero-order chi connectivity index (χ0) is 57.6. The molecule has 0 aromatic heterocycles. The predicted molar refractivity (Wildman–Crippen MR) is 320 cm³/mol. The van der Waals surface area contributed by atoms with E-state index in [4.69, 9.17) is 0 Å². The van der Waals surface area contributed by atoms with Crippen molar-refractivity contribution in [3.05, 3.63) is 214 Å². The topological polar surface area (TPSA) is 146 Å². The fourth-order valence-corrected chi connectivity index (χ4v) is 13.1. The van der Waals surface area contributed by atoms with Crippen LogP contribution in [0.3, 0.4) is 0 Å². The number of carbonyl (C=O) groups is 6. The van der Waals surface area contributed by atoms with Gasteiger partial charge in [0, 0.05) is 100 Å². The largest absolute Gasteiger partial charge is 0.367 e. The first-order valence-corrected chi connectivity index (χ1v) is 29.0. The van der Waals surface area contributed by atoms with Crippen LogP contribution < -0.4 is 30.2 Å². The van der Waals surface area contributed by atoms with E-state index in [0.717, 1.165) is 109 Å². The summed E-state index contributed by atoms with van der Waals surface area (Å²) in [5, 5.41) is 8.51. The van der Waals surface area contributed by atoms with Gasteiger partial charge in [-0.05, 0) is 118 Å². The molecule has 0 saturated carbocycles. The minimum atomic E-state index is -0.688. The molecule has 6 aliphatic rings. The summed E-state index contributed by atoms with van der Waals surface area (Å²) in [5.74, 6) is -2.15. The molecule has 2 N–H and O–H groups in total. The van der Waals surface area contributed by atoms with Crippen molar-refractivity contribution >= 4 is 79.7 Å². The molecule has 8 aromatic carbocycles. The van der Waals surface area contributed by atoms with Gasteiger partial charge < -0.3 is 9.80 Å². The van der Waals surface area contributed by atoms with Gasteiger partial charge in [-0.25, -0.2) is 8.78 Å². The second-order valence-electron chi connectivity index (χ2n) is 22.6. The minimum absolute atomic E-state index is 0.167. The maximum atomic E-state index is 14.2. The zero-order valence-electron chi connectivity index (χ0n) is 46.4. The van der Waals surface area contributed by atoms with Crippen LogP contribution >= 0.6 is 0 Å². The quantitative estimate of drug-likeness (QED) is 0.114. The summed E-state index contributed by atoms with van der Waals surface area (Å²) in [5.41, 5.74) is 11.1. The first-order valence-electron chi connectivity index (χ1n) is 29.0. The molecule has 84 heavy (non-hydrogen) atoms. The van der Waals surface area contributed by atoms with Crippen LogP contribution in [0.2, 0.25) is 0 Å². The molecule has 6 amide bonds. The van der Waals surface area contributed by atoms with E-state index in [1.807, 2.05) is 84.9 Å². The second-order valence-corrected chi connectivity index (χ2v) is 22.6. The Morgan fingerprint density at radius 1 is 0.393 bits per heavy atom. The van der Waals surface area contributed by atoms with Gasteiger partial charge in [-0.2, -0.15) is 0 Å². The number of halogens is 2. The molecule has 0 unspecified atom stereocenters. The van der Waals surface area contributed by atoms with Crippen LogP contribution in [-0.4, -0.2) is 110 Å². The normalized spacial score (nSPS) is 19.1. The standard InChI is InChI=1S/2C34H31FN4O3/c2*35-27-6-1-2-7-28(27)38-18-16-37(17-19-38)21-23-10-8-22(9-11-23)20-24-12-13-29-32-25(24)4-3-5-26(32)34(42)39(29)30-14-15-31(40)36-33(30)41/h2*1-13,30H,14-21H2,(H,36,40,41)/t2*30-/m10/s1. The van der Waals surface area contributed by atoms with E-state index in [0.29, 0.717) is 48.2 Å². The van der Waals surface area contributed by atoms with E-state index in [-0.39, 0.29) is 48.1 Å². The summed E-state index contributed by atoms with van der Waals surface area (Å²) in [6, 6.07) is 49.3. The number of piperidine rings is 2. The lowest BCUT2D eigenvalue weighted by Crippen LogP contribution is -2.53. The van der Waals surface area contributed by atoms with Gasteiger partial charge in [-0.1, -0.05) is 109 Å². The summed E-state index contributed by atoms with van der Waals surface area (Å²) in [6.07, 6.45) is 2.51. The summed E-state index contributed by atoms with van der Waals surface area (Å²) >= 11 is 0. The number of anilines is 4. The molecule has 0 spiro atoms. The number of rotatable bonds is 12. The van der Waals surface area contributed by atoms with Crippen LogP contribution in [0.15, 0.2) is 158 Å². The SMILES string of the molecule is O=C1CC[C@@H](N2C(=O)c3cccc4c(Cc5ccc(CN6CCN(c7ccccc7F)CC6)cc5)ccc2c34)C(=O)N1.O=C1CC[C@H](N2C(=O)c3cccc4c(Cc5ccc(CN6CCN(c7ccccc7F)CC6)cc5)ccc2c34)C(=O)N1. The minimum Gasteiger partial charge on any atom is -0.367 e. The molecular weight excluding hydrogens is 1060 g/mol. The van der Waals surface area contributed by atoms with E-state index in [2.05, 4.69) is 78.8 Å². The highest BCUT2D eigenvalue weighted by molar-refractivity contribution is 6.28. The van der Waals surface area contributed by atoms with Crippen LogP contribution in [0.25, 0.3) is 21.5 Å². The molecule has 0 radical (unpaired) electrons. The van der Waals surface area contributed by atoms with Crippen molar-refractivity contribution in [3.63, 3.8) is 0 Å². The first-order chi connectivity index (χ1) is 40.9. The van der Waals surface area contributed by atoms with E-state index < -0.39 is 23.9 Å². The molecule has 6 aliphatic heterocycles. The second kappa shape index (κ2) is 22.9. The van der Waals surface area contributed by atoms with Gasteiger partial charge in [0.15, 0.2) is 0 Å². The van der Waals surface area contributed by atoms with Gasteiger partial charge in [0.1, 0.15) is 23.7 Å². The lowest BCUT2D eigenvalue weighted by Gasteiger charge is -2.36. The van der Waals surface area contributed by atoms with Gasteiger partial charge in [0.25, 0.3) is 11.8 Å². The Bertz CT molecular complexity index is 3680. The lowest BCUT2D eigenvalue weighted by atomic mass is 9.95. The van der Waals surface area contributed by atoms with Crippen LogP contribution in [-0.2, 0) is 45.1 Å². The number of hydrogen-bond acceptors (Lipinski definition) is 10. The number of hydrogen-bond donors (Lipinski definition) is 2. The van der Waals surface area contributed by atoms with E-state index in [1.165, 1.54) is 34.4 Å². The number of amides is 6. The Kier molecular flexibility index (Phi) is 14.8. The Labute approximate surface area is 485 Å². The fraction of sp³-hybridized carbons (Fsp3) is 0.265. The number of imide groups is 2. The third-order valence-corrected chi connectivity index (χ3v) is 17.5. The Morgan fingerprint density at radius 3 is 1.15 bits per heavy atom.